The molecule has 0 N–H and O–H groups in total. The summed E-state index contributed by atoms with van der Waals surface area (Å²) >= 11 is 1.89. The summed E-state index contributed by atoms with van der Waals surface area (Å²) in [5.74, 6) is 1.42. The standard InChI is InChI=1S/C17H25NOS/c1-2-3-6-17(19)15-7-9-16(10-8-15)20-14-13-18-11-4-5-12-18/h7-10H,2-6,11-14H2,1H3. The highest BCUT2D eigenvalue weighted by atomic mass is 32.2. The lowest BCUT2D eigenvalue weighted by molar-refractivity contribution is 0.0979. The molecule has 0 unspecified atom stereocenters. The first kappa shape index (κ1) is 15.6. The summed E-state index contributed by atoms with van der Waals surface area (Å²) < 4.78 is 0. The second-order valence-electron chi connectivity index (χ2n) is 5.45. The SMILES string of the molecule is CCCCC(=O)c1ccc(SCCN2CCCC2)cc1. The van der Waals surface area contributed by atoms with E-state index in [2.05, 4.69) is 24.0 Å². The van der Waals surface area contributed by atoms with Crippen molar-refractivity contribution in [3.8, 4) is 0 Å². The molecule has 110 valence electrons. The number of rotatable bonds is 8. The van der Waals surface area contributed by atoms with E-state index in [9.17, 15) is 4.79 Å². The monoisotopic (exact) mass is 291 g/mol. The van der Waals surface area contributed by atoms with Gasteiger partial charge in [-0.25, -0.2) is 0 Å². The number of hydrogen-bond acceptors (Lipinski definition) is 3. The lowest BCUT2D eigenvalue weighted by Gasteiger charge is -2.13. The van der Waals surface area contributed by atoms with Crippen LogP contribution in [0.15, 0.2) is 29.2 Å². The van der Waals surface area contributed by atoms with Crippen LogP contribution in [0.3, 0.4) is 0 Å². The van der Waals surface area contributed by atoms with Crippen LogP contribution in [0.1, 0.15) is 49.4 Å². The summed E-state index contributed by atoms with van der Waals surface area (Å²) in [6.07, 6.45) is 5.47. The van der Waals surface area contributed by atoms with Crippen molar-refractivity contribution in [1.29, 1.82) is 0 Å². The van der Waals surface area contributed by atoms with Gasteiger partial charge in [0.25, 0.3) is 0 Å². The van der Waals surface area contributed by atoms with Gasteiger partial charge in [0.05, 0.1) is 0 Å². The maximum absolute atomic E-state index is 11.9. The highest BCUT2D eigenvalue weighted by Crippen LogP contribution is 2.20. The fraction of sp³-hybridized carbons (Fsp3) is 0.588. The van der Waals surface area contributed by atoms with Gasteiger partial charge in [0.2, 0.25) is 0 Å². The van der Waals surface area contributed by atoms with Crippen LogP contribution in [-0.4, -0.2) is 36.1 Å². The summed E-state index contributed by atoms with van der Waals surface area (Å²) in [4.78, 5) is 15.7. The minimum Gasteiger partial charge on any atom is -0.303 e. The summed E-state index contributed by atoms with van der Waals surface area (Å²) in [6.45, 7) is 5.84. The van der Waals surface area contributed by atoms with E-state index in [1.165, 1.54) is 37.4 Å². The number of carbonyl (C=O) groups excluding carboxylic acids is 1. The number of hydrogen-bond donors (Lipinski definition) is 0. The van der Waals surface area contributed by atoms with Crippen molar-refractivity contribution in [2.24, 2.45) is 0 Å². The molecule has 0 amide bonds. The largest absolute Gasteiger partial charge is 0.303 e. The van der Waals surface area contributed by atoms with E-state index in [1.54, 1.807) is 0 Å². The molecule has 3 heteroatoms. The normalized spacial score (nSPS) is 15.7. The van der Waals surface area contributed by atoms with Gasteiger partial charge in [-0.3, -0.25) is 4.79 Å². The third-order valence-electron chi connectivity index (χ3n) is 3.81. The molecule has 1 heterocycles. The van der Waals surface area contributed by atoms with E-state index in [0.29, 0.717) is 6.42 Å². The first-order valence-electron chi connectivity index (χ1n) is 7.78. The highest BCUT2D eigenvalue weighted by Gasteiger charge is 2.10. The van der Waals surface area contributed by atoms with Crippen LogP contribution in [-0.2, 0) is 0 Å². The van der Waals surface area contributed by atoms with Gasteiger partial charge in [0, 0.05) is 29.2 Å². The van der Waals surface area contributed by atoms with Gasteiger partial charge in [-0.2, -0.15) is 0 Å². The van der Waals surface area contributed by atoms with E-state index in [0.717, 1.165) is 24.2 Å². The molecule has 1 fully saturated rings. The molecule has 0 radical (unpaired) electrons. The molecule has 20 heavy (non-hydrogen) atoms. The van der Waals surface area contributed by atoms with Gasteiger partial charge in [-0.15, -0.1) is 11.8 Å². The molecule has 1 aromatic rings. The smallest absolute Gasteiger partial charge is 0.162 e. The Morgan fingerprint density at radius 2 is 1.90 bits per heavy atom. The van der Waals surface area contributed by atoms with Crippen molar-refractivity contribution >= 4 is 17.5 Å². The fourth-order valence-corrected chi connectivity index (χ4v) is 3.43. The number of nitrogens with zero attached hydrogens (tertiary/aromatic N) is 1. The van der Waals surface area contributed by atoms with E-state index in [-0.39, 0.29) is 5.78 Å². The topological polar surface area (TPSA) is 20.3 Å². The third-order valence-corrected chi connectivity index (χ3v) is 4.80. The second-order valence-corrected chi connectivity index (χ2v) is 6.62. The number of thioether (sulfide) groups is 1. The Bertz CT molecular complexity index is 410. The number of carbonyl (C=O) groups is 1. The van der Waals surface area contributed by atoms with Crippen molar-refractivity contribution in [2.45, 2.75) is 43.9 Å². The molecule has 0 aliphatic carbocycles. The zero-order valence-corrected chi connectivity index (χ0v) is 13.3. The molecule has 1 saturated heterocycles. The first-order valence-corrected chi connectivity index (χ1v) is 8.76. The Labute approximate surface area is 126 Å². The van der Waals surface area contributed by atoms with Crippen molar-refractivity contribution in [1.82, 2.24) is 4.90 Å². The van der Waals surface area contributed by atoms with Crippen LogP contribution in [0.2, 0.25) is 0 Å². The molecule has 0 spiro atoms. The molecule has 0 atom stereocenters. The number of unbranched alkanes of at least 4 members (excludes halogenated alkanes) is 1. The van der Waals surface area contributed by atoms with Gasteiger partial charge in [0.1, 0.15) is 0 Å². The lowest BCUT2D eigenvalue weighted by Crippen LogP contribution is -2.21. The van der Waals surface area contributed by atoms with Crippen LogP contribution in [0.5, 0.6) is 0 Å². The van der Waals surface area contributed by atoms with Gasteiger partial charge < -0.3 is 4.90 Å². The summed E-state index contributed by atoms with van der Waals surface area (Å²) in [5, 5.41) is 0. The van der Waals surface area contributed by atoms with E-state index < -0.39 is 0 Å². The Balaban J connectivity index is 1.74. The summed E-state index contributed by atoms with van der Waals surface area (Å²) in [5.41, 5.74) is 0.863. The Hall–Kier alpha value is -0.800. The first-order chi connectivity index (χ1) is 9.79. The minimum atomic E-state index is 0.278. The van der Waals surface area contributed by atoms with E-state index in [1.807, 2.05) is 23.9 Å². The number of Topliss-reactive ketones (excluding diaryl/α,β-unsaturated/α-hetero) is 1. The maximum Gasteiger partial charge on any atom is 0.162 e. The van der Waals surface area contributed by atoms with Crippen LogP contribution in [0.25, 0.3) is 0 Å². The Morgan fingerprint density at radius 3 is 2.55 bits per heavy atom. The quantitative estimate of drug-likeness (QED) is 0.527. The summed E-state index contributed by atoms with van der Waals surface area (Å²) in [6, 6.07) is 8.15. The Morgan fingerprint density at radius 1 is 1.20 bits per heavy atom. The van der Waals surface area contributed by atoms with Gasteiger partial charge >= 0.3 is 0 Å². The predicted octanol–water partition coefficient (Wildman–Crippen LogP) is 4.25. The zero-order valence-electron chi connectivity index (χ0n) is 12.4. The number of ketones is 1. The molecule has 0 saturated carbocycles. The second kappa shape index (κ2) is 8.48. The molecule has 0 aromatic heterocycles. The molecule has 0 bridgehead atoms. The lowest BCUT2D eigenvalue weighted by atomic mass is 10.1. The molecule has 1 aromatic carbocycles. The van der Waals surface area contributed by atoms with Crippen LogP contribution in [0, 0.1) is 0 Å². The average Bonchev–Trinajstić information content (AvgIpc) is 2.99. The van der Waals surface area contributed by atoms with Crippen molar-refractivity contribution in [3.05, 3.63) is 29.8 Å². The fourth-order valence-electron chi connectivity index (χ4n) is 2.52. The minimum absolute atomic E-state index is 0.278. The van der Waals surface area contributed by atoms with E-state index in [4.69, 9.17) is 0 Å². The van der Waals surface area contributed by atoms with Gasteiger partial charge in [-0.1, -0.05) is 25.5 Å². The van der Waals surface area contributed by atoms with Crippen LogP contribution in [0.4, 0.5) is 0 Å². The molecule has 1 aliphatic heterocycles. The summed E-state index contributed by atoms with van der Waals surface area (Å²) in [7, 11) is 0. The van der Waals surface area contributed by atoms with Crippen LogP contribution < -0.4 is 0 Å². The van der Waals surface area contributed by atoms with Crippen molar-refractivity contribution in [3.63, 3.8) is 0 Å². The van der Waals surface area contributed by atoms with Gasteiger partial charge in [-0.05, 0) is 44.5 Å². The van der Waals surface area contributed by atoms with Crippen molar-refractivity contribution in [2.75, 3.05) is 25.4 Å². The molecular weight excluding hydrogens is 266 g/mol. The van der Waals surface area contributed by atoms with Gasteiger partial charge in [0.15, 0.2) is 5.78 Å². The predicted molar refractivity (Wildman–Crippen MR) is 86.7 cm³/mol. The molecular formula is C17H25NOS. The number of benzene rings is 1. The molecule has 2 nitrogen and oxygen atoms in total. The Kier molecular flexibility index (Phi) is 6.61. The average molecular weight is 291 g/mol. The third kappa shape index (κ3) is 4.95. The van der Waals surface area contributed by atoms with E-state index >= 15 is 0 Å². The zero-order chi connectivity index (χ0) is 14.2. The number of likely N-dealkylation sites (tertiary alicyclic amines) is 1. The molecule has 2 rings (SSSR count). The highest BCUT2D eigenvalue weighted by molar-refractivity contribution is 7.99. The molecule has 1 aliphatic rings. The van der Waals surface area contributed by atoms with Crippen molar-refractivity contribution < 1.29 is 4.79 Å². The maximum atomic E-state index is 11.9. The van der Waals surface area contributed by atoms with Crippen LogP contribution >= 0.6 is 11.8 Å².